The maximum Gasteiger partial charge on any atom is 0.333 e. The van der Waals surface area contributed by atoms with Crippen LogP contribution in [0.4, 0.5) is 0 Å². The van der Waals surface area contributed by atoms with Crippen LogP contribution < -0.4 is 0 Å². The van der Waals surface area contributed by atoms with E-state index in [1.54, 1.807) is 6.92 Å². The van der Waals surface area contributed by atoms with Crippen LogP contribution in [0.5, 0.6) is 0 Å². The van der Waals surface area contributed by atoms with E-state index in [1.807, 2.05) is 0 Å². The number of aliphatic hydroxyl groups is 1. The molecule has 0 heterocycles. The summed E-state index contributed by atoms with van der Waals surface area (Å²) in [5, 5.41) is 16.6. The Bertz CT molecular complexity index is 449. The van der Waals surface area contributed by atoms with Crippen molar-refractivity contribution in [2.24, 2.45) is 10.2 Å². The molecular weight excluding hydrogens is 240 g/mol. The minimum absolute atomic E-state index is 0.0731. The molecule has 0 spiro atoms. The summed E-state index contributed by atoms with van der Waals surface area (Å²) in [6.07, 6.45) is 0.161. The van der Waals surface area contributed by atoms with Gasteiger partial charge in [0, 0.05) is 15.4 Å². The largest absolute Gasteiger partial charge is 0.463 e. The number of ether oxygens (including phenoxy) is 1. The van der Waals surface area contributed by atoms with E-state index in [4.69, 9.17) is 15.8 Å². The van der Waals surface area contributed by atoms with Gasteiger partial charge in [0.2, 0.25) is 0 Å². The first-order chi connectivity index (χ1) is 8.63. The molecule has 0 aliphatic heterocycles. The second-order valence-electron chi connectivity index (χ2n) is 3.57. The molecule has 0 aromatic carbocycles. The summed E-state index contributed by atoms with van der Waals surface area (Å²) < 4.78 is 4.79. The van der Waals surface area contributed by atoms with Crippen molar-refractivity contribution in [3.8, 4) is 0 Å². The van der Waals surface area contributed by atoms with Crippen molar-refractivity contribution in [3.63, 3.8) is 0 Å². The molecule has 9 heteroatoms. The van der Waals surface area contributed by atoms with Gasteiger partial charge < -0.3 is 9.84 Å². The van der Waals surface area contributed by atoms with Gasteiger partial charge in [-0.1, -0.05) is 10.2 Å². The average molecular weight is 252 g/mol. The van der Waals surface area contributed by atoms with Gasteiger partial charge in [0.05, 0.1) is 24.8 Å². The highest BCUT2D eigenvalue weighted by atomic mass is 16.5. The summed E-state index contributed by atoms with van der Waals surface area (Å²) in [5.74, 6) is -0.575. The lowest BCUT2D eigenvalue weighted by Crippen LogP contribution is -2.38. The van der Waals surface area contributed by atoms with Crippen LogP contribution in [0.15, 0.2) is 21.9 Å². The first-order valence-electron chi connectivity index (χ1n) is 5.28. The standard InChI is InChI=1S/C9H12N6O3/c1-2-18-9(17)5-3-6(12-14-10)8(13-15-11)7(16)4-5/h4,6-8,16H,2-3H2,1H3/t6?,7-,8?/m1/s1. The Morgan fingerprint density at radius 3 is 2.78 bits per heavy atom. The molecule has 3 atom stereocenters. The summed E-state index contributed by atoms with van der Waals surface area (Å²) >= 11 is 0. The van der Waals surface area contributed by atoms with E-state index in [0.29, 0.717) is 0 Å². The van der Waals surface area contributed by atoms with Crippen molar-refractivity contribution in [3.05, 3.63) is 32.5 Å². The molecule has 1 aliphatic rings. The lowest BCUT2D eigenvalue weighted by atomic mass is 9.89. The van der Waals surface area contributed by atoms with Crippen molar-refractivity contribution in [1.29, 1.82) is 0 Å². The zero-order valence-corrected chi connectivity index (χ0v) is 9.67. The molecule has 1 aliphatic carbocycles. The topological polar surface area (TPSA) is 144 Å². The fourth-order valence-corrected chi connectivity index (χ4v) is 1.70. The second-order valence-corrected chi connectivity index (χ2v) is 3.57. The quantitative estimate of drug-likeness (QED) is 0.351. The molecule has 1 N–H and O–H groups in total. The van der Waals surface area contributed by atoms with Gasteiger partial charge in [0.25, 0.3) is 0 Å². The van der Waals surface area contributed by atoms with Gasteiger partial charge in [0.1, 0.15) is 0 Å². The Morgan fingerprint density at radius 1 is 1.56 bits per heavy atom. The maximum absolute atomic E-state index is 11.5. The Labute approximate surface area is 102 Å². The third kappa shape index (κ3) is 3.14. The molecule has 0 aromatic rings. The summed E-state index contributed by atoms with van der Waals surface area (Å²) in [5.41, 5.74) is 17.0. The van der Waals surface area contributed by atoms with E-state index in [0.717, 1.165) is 0 Å². The molecule has 0 saturated carbocycles. The molecule has 1 rings (SSSR count). The third-order valence-corrected chi connectivity index (χ3v) is 2.47. The van der Waals surface area contributed by atoms with Crippen molar-refractivity contribution in [2.45, 2.75) is 31.5 Å². The molecule has 2 unspecified atom stereocenters. The van der Waals surface area contributed by atoms with E-state index in [1.165, 1.54) is 6.08 Å². The molecule has 18 heavy (non-hydrogen) atoms. The van der Waals surface area contributed by atoms with Crippen molar-refractivity contribution in [1.82, 2.24) is 0 Å². The van der Waals surface area contributed by atoms with Gasteiger partial charge >= 0.3 is 5.97 Å². The van der Waals surface area contributed by atoms with E-state index in [9.17, 15) is 9.90 Å². The van der Waals surface area contributed by atoms with Crippen LogP contribution in [0.25, 0.3) is 20.9 Å². The Hall–Kier alpha value is -2.21. The number of azide groups is 2. The van der Waals surface area contributed by atoms with Crippen molar-refractivity contribution < 1.29 is 14.6 Å². The number of esters is 1. The van der Waals surface area contributed by atoms with Gasteiger partial charge in [-0.05, 0) is 30.5 Å². The fraction of sp³-hybridized carbons (Fsp3) is 0.667. The van der Waals surface area contributed by atoms with Gasteiger partial charge in [0.15, 0.2) is 0 Å². The van der Waals surface area contributed by atoms with E-state index >= 15 is 0 Å². The zero-order chi connectivity index (χ0) is 13.5. The Morgan fingerprint density at radius 2 is 2.22 bits per heavy atom. The van der Waals surface area contributed by atoms with E-state index < -0.39 is 24.2 Å². The predicted octanol–water partition coefficient (Wildman–Crippen LogP) is 1.60. The smallest absolute Gasteiger partial charge is 0.333 e. The normalized spacial score (nSPS) is 26.3. The van der Waals surface area contributed by atoms with Crippen LogP contribution >= 0.6 is 0 Å². The highest BCUT2D eigenvalue weighted by molar-refractivity contribution is 5.89. The highest BCUT2D eigenvalue weighted by Gasteiger charge is 2.33. The predicted molar refractivity (Wildman–Crippen MR) is 61.2 cm³/mol. The van der Waals surface area contributed by atoms with Gasteiger partial charge in [-0.2, -0.15) is 0 Å². The minimum Gasteiger partial charge on any atom is -0.463 e. The van der Waals surface area contributed by atoms with Gasteiger partial charge in [-0.15, -0.1) is 0 Å². The fourth-order valence-electron chi connectivity index (χ4n) is 1.70. The molecule has 0 saturated heterocycles. The monoisotopic (exact) mass is 252 g/mol. The molecule has 0 fully saturated rings. The minimum atomic E-state index is -1.18. The molecular formula is C9H12N6O3. The van der Waals surface area contributed by atoms with Crippen molar-refractivity contribution >= 4 is 5.97 Å². The third-order valence-electron chi connectivity index (χ3n) is 2.47. The molecule has 9 nitrogen and oxygen atoms in total. The molecule has 0 aromatic heterocycles. The number of rotatable bonds is 4. The lowest BCUT2D eigenvalue weighted by molar-refractivity contribution is -0.139. The number of hydrogen-bond acceptors (Lipinski definition) is 5. The highest BCUT2D eigenvalue weighted by Crippen LogP contribution is 2.25. The number of nitrogens with zero attached hydrogens (tertiary/aromatic N) is 6. The van der Waals surface area contributed by atoms with Crippen LogP contribution in [-0.2, 0) is 9.53 Å². The molecule has 0 amide bonds. The zero-order valence-electron chi connectivity index (χ0n) is 9.67. The SMILES string of the molecule is CCOC(=O)C1=C[C@@H](O)C(N=[N+]=[N-])C(N=[N+]=[N-])C1. The van der Waals surface area contributed by atoms with Crippen LogP contribution in [0, 0.1) is 0 Å². The van der Waals surface area contributed by atoms with Crippen LogP contribution in [-0.4, -0.2) is 35.9 Å². The molecule has 0 radical (unpaired) electrons. The van der Waals surface area contributed by atoms with Crippen LogP contribution in [0.2, 0.25) is 0 Å². The molecule has 96 valence electrons. The number of hydrogen-bond donors (Lipinski definition) is 1. The van der Waals surface area contributed by atoms with E-state index in [-0.39, 0.29) is 18.6 Å². The Kier molecular flexibility index (Phi) is 5.01. The maximum atomic E-state index is 11.5. The van der Waals surface area contributed by atoms with Gasteiger partial charge in [-0.3, -0.25) is 0 Å². The first-order valence-corrected chi connectivity index (χ1v) is 5.28. The lowest BCUT2D eigenvalue weighted by Gasteiger charge is -2.27. The second kappa shape index (κ2) is 6.51. The summed E-state index contributed by atoms with van der Waals surface area (Å²) in [6, 6.07) is -1.71. The van der Waals surface area contributed by atoms with Crippen molar-refractivity contribution in [2.75, 3.05) is 6.61 Å². The average Bonchev–Trinajstić information content (AvgIpc) is 2.33. The summed E-state index contributed by atoms with van der Waals surface area (Å²) in [4.78, 5) is 16.7. The number of carbonyl (C=O) groups excluding carboxylic acids is 1. The number of aliphatic hydroxyl groups excluding tert-OH is 1. The first kappa shape index (κ1) is 13.9. The van der Waals surface area contributed by atoms with Crippen LogP contribution in [0.1, 0.15) is 13.3 Å². The van der Waals surface area contributed by atoms with Gasteiger partial charge in [-0.25, -0.2) is 4.79 Å². The summed E-state index contributed by atoms with van der Waals surface area (Å²) in [6.45, 7) is 1.86. The molecule has 0 bridgehead atoms. The van der Waals surface area contributed by atoms with Crippen LogP contribution in [0.3, 0.4) is 0 Å². The van der Waals surface area contributed by atoms with E-state index in [2.05, 4.69) is 20.1 Å². The Balaban J connectivity index is 3.00. The summed E-state index contributed by atoms with van der Waals surface area (Å²) in [7, 11) is 0. The number of carbonyl (C=O) groups is 1.